The molecule has 0 N–H and O–H groups in total. The summed E-state index contributed by atoms with van der Waals surface area (Å²) in [4.78, 5) is 32.9. The summed E-state index contributed by atoms with van der Waals surface area (Å²) in [6.45, 7) is 2.82. The number of carbonyl (C=O) groups excluding carboxylic acids is 1. The highest BCUT2D eigenvalue weighted by Gasteiger charge is 2.26. The number of nitrogens with zero attached hydrogens (tertiary/aromatic N) is 4. The van der Waals surface area contributed by atoms with Gasteiger partial charge in [0.25, 0.3) is 11.5 Å². The number of amides is 1. The highest BCUT2D eigenvalue weighted by atomic mass is 32.1. The second kappa shape index (κ2) is 9.07. The van der Waals surface area contributed by atoms with Crippen molar-refractivity contribution in [3.05, 3.63) is 94.4 Å². The van der Waals surface area contributed by atoms with Gasteiger partial charge < -0.3 is 4.74 Å². The van der Waals surface area contributed by atoms with E-state index in [4.69, 9.17) is 9.72 Å². The molecule has 0 aliphatic heterocycles. The van der Waals surface area contributed by atoms with E-state index in [0.29, 0.717) is 29.1 Å². The lowest BCUT2D eigenvalue weighted by atomic mass is 10.1. The third-order valence-electron chi connectivity index (χ3n) is 5.48. The van der Waals surface area contributed by atoms with Gasteiger partial charge in [-0.3, -0.25) is 14.5 Å². The van der Waals surface area contributed by atoms with Crippen LogP contribution in [0.1, 0.15) is 23.0 Å². The van der Waals surface area contributed by atoms with E-state index in [1.54, 1.807) is 36.2 Å². The minimum atomic E-state index is -0.320. The van der Waals surface area contributed by atoms with E-state index in [-0.39, 0.29) is 17.2 Å². The number of aromatic nitrogens is 3. The SMILES string of the molecule is CCOc1ccc2nc(N(Cc3ccccc3)C(=O)c3nn(C)c(=O)c4ccccc34)sc2c1. The first-order chi connectivity index (χ1) is 16.5. The van der Waals surface area contributed by atoms with Crippen molar-refractivity contribution in [3.63, 3.8) is 0 Å². The molecule has 0 radical (unpaired) electrons. The highest BCUT2D eigenvalue weighted by Crippen LogP contribution is 2.33. The van der Waals surface area contributed by atoms with Crippen LogP contribution in [0.25, 0.3) is 21.0 Å². The molecule has 7 nitrogen and oxygen atoms in total. The lowest BCUT2D eigenvalue weighted by Gasteiger charge is -2.20. The Hall–Kier alpha value is -4.04. The minimum absolute atomic E-state index is 0.211. The fourth-order valence-electron chi connectivity index (χ4n) is 3.84. The molecule has 1 amide bonds. The summed E-state index contributed by atoms with van der Waals surface area (Å²) < 4.78 is 7.76. The molecule has 0 saturated carbocycles. The Labute approximate surface area is 199 Å². The first kappa shape index (κ1) is 21.8. The van der Waals surface area contributed by atoms with Gasteiger partial charge in [0, 0.05) is 12.4 Å². The molecule has 0 fully saturated rings. The van der Waals surface area contributed by atoms with Crippen molar-refractivity contribution < 1.29 is 9.53 Å². The summed E-state index contributed by atoms with van der Waals surface area (Å²) >= 11 is 1.42. The molecule has 3 aromatic carbocycles. The average molecular weight is 471 g/mol. The molecule has 0 unspecified atom stereocenters. The third kappa shape index (κ3) is 4.04. The molecule has 0 atom stereocenters. The molecule has 0 spiro atoms. The van der Waals surface area contributed by atoms with Gasteiger partial charge in [-0.1, -0.05) is 59.9 Å². The summed E-state index contributed by atoms with van der Waals surface area (Å²) in [6.07, 6.45) is 0. The van der Waals surface area contributed by atoms with E-state index in [1.165, 1.54) is 16.0 Å². The van der Waals surface area contributed by atoms with Crippen LogP contribution in [-0.4, -0.2) is 27.3 Å². The summed E-state index contributed by atoms with van der Waals surface area (Å²) in [7, 11) is 1.56. The molecule has 0 aliphatic rings. The van der Waals surface area contributed by atoms with Crippen molar-refractivity contribution in [3.8, 4) is 5.75 Å². The maximum atomic E-state index is 14.0. The number of hydrogen-bond acceptors (Lipinski definition) is 6. The molecule has 0 aliphatic carbocycles. The predicted molar refractivity (Wildman–Crippen MR) is 135 cm³/mol. The number of ether oxygens (including phenoxy) is 1. The number of aryl methyl sites for hydroxylation is 1. The van der Waals surface area contributed by atoms with Crippen LogP contribution >= 0.6 is 11.3 Å². The molecule has 0 saturated heterocycles. The Morgan fingerprint density at radius 1 is 1.03 bits per heavy atom. The standard InChI is InChI=1S/C26H22N4O3S/c1-3-33-18-13-14-21-22(15-18)34-26(27-21)30(16-17-9-5-4-6-10-17)25(32)23-19-11-7-8-12-20(19)24(31)29(2)28-23/h4-15H,3,16H2,1-2H3. The molecule has 170 valence electrons. The first-order valence-corrected chi connectivity index (χ1v) is 11.7. The van der Waals surface area contributed by atoms with Crippen LogP contribution in [-0.2, 0) is 13.6 Å². The normalized spacial score (nSPS) is 11.1. The second-order valence-corrected chi connectivity index (χ2v) is 8.77. The van der Waals surface area contributed by atoms with Gasteiger partial charge >= 0.3 is 0 Å². The summed E-state index contributed by atoms with van der Waals surface area (Å²) in [5.74, 6) is 0.441. The first-order valence-electron chi connectivity index (χ1n) is 10.9. The fraction of sp³-hybridized carbons (Fsp3) is 0.154. The highest BCUT2D eigenvalue weighted by molar-refractivity contribution is 7.22. The molecule has 5 aromatic rings. The number of rotatable bonds is 6. The van der Waals surface area contributed by atoms with Crippen molar-refractivity contribution in [2.45, 2.75) is 13.5 Å². The average Bonchev–Trinajstić information content (AvgIpc) is 3.28. The van der Waals surface area contributed by atoms with Crippen LogP contribution in [0.15, 0.2) is 77.6 Å². The Morgan fingerprint density at radius 3 is 2.53 bits per heavy atom. The van der Waals surface area contributed by atoms with Gasteiger partial charge in [0.15, 0.2) is 10.8 Å². The quantitative estimate of drug-likeness (QED) is 0.357. The van der Waals surface area contributed by atoms with Crippen LogP contribution in [0.5, 0.6) is 5.75 Å². The topological polar surface area (TPSA) is 77.3 Å². The van der Waals surface area contributed by atoms with Crippen LogP contribution in [0.4, 0.5) is 5.13 Å². The predicted octanol–water partition coefficient (Wildman–Crippen LogP) is 4.79. The summed E-state index contributed by atoms with van der Waals surface area (Å²) in [5, 5.41) is 5.88. The van der Waals surface area contributed by atoms with Crippen molar-refractivity contribution >= 4 is 43.4 Å². The molecule has 8 heteroatoms. The monoisotopic (exact) mass is 470 g/mol. The molecule has 2 aromatic heterocycles. The molecule has 2 heterocycles. The Bertz CT molecular complexity index is 1560. The van der Waals surface area contributed by atoms with Gasteiger partial charge in [-0.25, -0.2) is 9.67 Å². The number of hydrogen-bond donors (Lipinski definition) is 0. The molecule has 34 heavy (non-hydrogen) atoms. The van der Waals surface area contributed by atoms with Crippen LogP contribution in [0.2, 0.25) is 0 Å². The van der Waals surface area contributed by atoms with E-state index in [1.807, 2.05) is 55.5 Å². The zero-order chi connectivity index (χ0) is 23.7. The fourth-order valence-corrected chi connectivity index (χ4v) is 4.83. The largest absolute Gasteiger partial charge is 0.494 e. The number of benzene rings is 3. The van der Waals surface area contributed by atoms with E-state index < -0.39 is 0 Å². The second-order valence-electron chi connectivity index (χ2n) is 7.76. The Morgan fingerprint density at radius 2 is 1.76 bits per heavy atom. The van der Waals surface area contributed by atoms with E-state index in [2.05, 4.69) is 5.10 Å². The van der Waals surface area contributed by atoms with E-state index >= 15 is 0 Å². The Kier molecular flexibility index (Phi) is 5.81. The molecular formula is C26H22N4O3S. The number of anilines is 1. The smallest absolute Gasteiger partial charge is 0.281 e. The molecule has 0 bridgehead atoms. The number of carbonyl (C=O) groups is 1. The van der Waals surface area contributed by atoms with Crippen LogP contribution < -0.4 is 15.2 Å². The maximum Gasteiger partial charge on any atom is 0.281 e. The van der Waals surface area contributed by atoms with Crippen LogP contribution in [0.3, 0.4) is 0 Å². The van der Waals surface area contributed by atoms with E-state index in [0.717, 1.165) is 21.5 Å². The van der Waals surface area contributed by atoms with Gasteiger partial charge in [0.05, 0.1) is 28.8 Å². The number of thiazole rings is 1. The lowest BCUT2D eigenvalue weighted by Crippen LogP contribution is -2.33. The van der Waals surface area contributed by atoms with Gasteiger partial charge in [-0.05, 0) is 36.8 Å². The van der Waals surface area contributed by atoms with Gasteiger partial charge in [0.2, 0.25) is 0 Å². The third-order valence-corrected chi connectivity index (χ3v) is 6.52. The minimum Gasteiger partial charge on any atom is -0.494 e. The zero-order valence-electron chi connectivity index (χ0n) is 18.8. The molecular weight excluding hydrogens is 448 g/mol. The zero-order valence-corrected chi connectivity index (χ0v) is 19.6. The van der Waals surface area contributed by atoms with Gasteiger partial charge in [-0.2, -0.15) is 5.10 Å². The number of fused-ring (bicyclic) bond motifs is 2. The van der Waals surface area contributed by atoms with Gasteiger partial charge in [0.1, 0.15) is 5.75 Å². The van der Waals surface area contributed by atoms with Gasteiger partial charge in [-0.15, -0.1) is 0 Å². The van der Waals surface area contributed by atoms with E-state index in [9.17, 15) is 9.59 Å². The van der Waals surface area contributed by atoms with Crippen molar-refractivity contribution in [1.82, 2.24) is 14.8 Å². The maximum absolute atomic E-state index is 14.0. The summed E-state index contributed by atoms with van der Waals surface area (Å²) in [5.41, 5.74) is 1.71. The van der Waals surface area contributed by atoms with Crippen molar-refractivity contribution in [1.29, 1.82) is 0 Å². The molecule has 5 rings (SSSR count). The van der Waals surface area contributed by atoms with Crippen molar-refractivity contribution in [2.24, 2.45) is 7.05 Å². The summed E-state index contributed by atoms with van der Waals surface area (Å²) in [6, 6.07) is 22.5. The van der Waals surface area contributed by atoms with Crippen molar-refractivity contribution in [2.75, 3.05) is 11.5 Å². The lowest BCUT2D eigenvalue weighted by molar-refractivity contribution is 0.0980. The van der Waals surface area contributed by atoms with Crippen LogP contribution in [0, 0.1) is 0 Å². The Balaban J connectivity index is 1.65.